The average Bonchev–Trinajstić information content (AvgIpc) is 3.29. The molecule has 2 saturated heterocycles. The van der Waals surface area contributed by atoms with Gasteiger partial charge in [0.05, 0.1) is 5.56 Å². The summed E-state index contributed by atoms with van der Waals surface area (Å²) in [7, 11) is 0. The van der Waals surface area contributed by atoms with Gasteiger partial charge >= 0.3 is 6.18 Å². The van der Waals surface area contributed by atoms with Crippen molar-refractivity contribution in [2.24, 2.45) is 5.92 Å². The van der Waals surface area contributed by atoms with E-state index in [1.54, 1.807) is 4.90 Å². The summed E-state index contributed by atoms with van der Waals surface area (Å²) in [6.45, 7) is 2.57. The van der Waals surface area contributed by atoms with Crippen LogP contribution in [0.15, 0.2) is 40.8 Å². The summed E-state index contributed by atoms with van der Waals surface area (Å²) in [6.07, 6.45) is 0.0513. The van der Waals surface area contributed by atoms with Crippen molar-refractivity contribution in [2.75, 3.05) is 26.2 Å². The van der Waals surface area contributed by atoms with Crippen LogP contribution in [0.4, 0.5) is 13.2 Å². The van der Waals surface area contributed by atoms with Gasteiger partial charge in [-0.3, -0.25) is 9.59 Å². The van der Waals surface area contributed by atoms with E-state index in [2.05, 4.69) is 0 Å². The molecule has 2 amide bonds. The van der Waals surface area contributed by atoms with E-state index in [1.807, 2.05) is 4.90 Å². The summed E-state index contributed by atoms with van der Waals surface area (Å²) in [4.78, 5) is 29.1. The Morgan fingerprint density at radius 3 is 2.29 bits per heavy atom. The first-order valence-electron chi connectivity index (χ1n) is 10.7. The molecule has 5 nitrogen and oxygen atoms in total. The van der Waals surface area contributed by atoms with Crippen LogP contribution in [0.1, 0.15) is 48.2 Å². The van der Waals surface area contributed by atoms with Crippen molar-refractivity contribution >= 4 is 11.8 Å². The average molecular weight is 434 g/mol. The fourth-order valence-corrected chi connectivity index (χ4v) is 4.31. The molecule has 2 fully saturated rings. The van der Waals surface area contributed by atoms with Gasteiger partial charge in [0.15, 0.2) is 5.76 Å². The van der Waals surface area contributed by atoms with Gasteiger partial charge in [0.1, 0.15) is 5.76 Å². The van der Waals surface area contributed by atoms with Crippen molar-refractivity contribution in [3.8, 4) is 11.3 Å². The minimum Gasteiger partial charge on any atom is -0.451 e. The summed E-state index contributed by atoms with van der Waals surface area (Å²) in [5, 5.41) is 0. The Labute approximate surface area is 178 Å². The summed E-state index contributed by atoms with van der Waals surface area (Å²) >= 11 is 0. The molecular formula is C23H25F3N2O3. The van der Waals surface area contributed by atoms with Crippen molar-refractivity contribution in [1.29, 1.82) is 0 Å². The minimum atomic E-state index is -4.45. The molecule has 0 unspecified atom stereocenters. The van der Waals surface area contributed by atoms with E-state index in [-0.39, 0.29) is 34.8 Å². The summed E-state index contributed by atoms with van der Waals surface area (Å²) in [5.41, 5.74) is -0.505. The number of alkyl halides is 3. The zero-order valence-corrected chi connectivity index (χ0v) is 17.2. The second kappa shape index (κ2) is 8.77. The number of halogens is 3. The number of furan rings is 1. The molecule has 166 valence electrons. The third-order valence-electron chi connectivity index (χ3n) is 6.09. The molecule has 0 N–H and O–H groups in total. The highest BCUT2D eigenvalue weighted by Crippen LogP contribution is 2.33. The third-order valence-corrected chi connectivity index (χ3v) is 6.09. The van der Waals surface area contributed by atoms with Crippen molar-refractivity contribution in [3.63, 3.8) is 0 Å². The maximum Gasteiger partial charge on any atom is 0.416 e. The number of rotatable bonds is 3. The summed E-state index contributed by atoms with van der Waals surface area (Å²) in [6, 6.07) is 7.82. The predicted octanol–water partition coefficient (Wildman–Crippen LogP) is 4.83. The lowest BCUT2D eigenvalue weighted by atomic mass is 9.94. The van der Waals surface area contributed by atoms with Crippen LogP contribution < -0.4 is 0 Å². The van der Waals surface area contributed by atoms with E-state index in [4.69, 9.17) is 4.42 Å². The molecule has 1 aromatic carbocycles. The highest BCUT2D eigenvalue weighted by atomic mass is 19.4. The Hall–Kier alpha value is -2.77. The highest BCUT2D eigenvalue weighted by Gasteiger charge is 2.33. The molecule has 0 bridgehead atoms. The maximum atomic E-state index is 12.9. The first-order valence-corrected chi connectivity index (χ1v) is 10.7. The number of carbonyl (C=O) groups is 2. The molecule has 3 heterocycles. The van der Waals surface area contributed by atoms with Crippen molar-refractivity contribution in [2.45, 2.75) is 38.3 Å². The monoisotopic (exact) mass is 434 g/mol. The molecule has 8 heteroatoms. The Morgan fingerprint density at radius 1 is 0.903 bits per heavy atom. The molecule has 0 radical (unpaired) electrons. The fourth-order valence-electron chi connectivity index (χ4n) is 4.31. The lowest BCUT2D eigenvalue weighted by Crippen LogP contribution is -2.45. The van der Waals surface area contributed by atoms with Crippen LogP contribution in [0.25, 0.3) is 11.3 Å². The van der Waals surface area contributed by atoms with Gasteiger partial charge < -0.3 is 14.2 Å². The van der Waals surface area contributed by atoms with Gasteiger partial charge in [-0.05, 0) is 56.4 Å². The molecule has 2 aliphatic heterocycles. The van der Waals surface area contributed by atoms with Gasteiger partial charge in [-0.15, -0.1) is 0 Å². The van der Waals surface area contributed by atoms with E-state index in [0.29, 0.717) is 25.9 Å². The molecule has 4 rings (SSSR count). The quantitative estimate of drug-likeness (QED) is 0.695. The Bertz CT molecular complexity index is 940. The molecule has 2 aliphatic rings. The van der Waals surface area contributed by atoms with Crippen LogP contribution in [-0.4, -0.2) is 47.8 Å². The molecule has 0 aliphatic carbocycles. The van der Waals surface area contributed by atoms with Crippen LogP contribution in [0.3, 0.4) is 0 Å². The zero-order valence-electron chi connectivity index (χ0n) is 17.2. The largest absolute Gasteiger partial charge is 0.451 e. The molecule has 31 heavy (non-hydrogen) atoms. The first kappa shape index (κ1) is 21.5. The van der Waals surface area contributed by atoms with Crippen LogP contribution in [0.2, 0.25) is 0 Å². The van der Waals surface area contributed by atoms with Gasteiger partial charge in [0, 0.05) is 37.7 Å². The molecule has 0 spiro atoms. The van der Waals surface area contributed by atoms with E-state index in [0.717, 1.165) is 38.1 Å². The van der Waals surface area contributed by atoms with Gasteiger partial charge in [-0.25, -0.2) is 0 Å². The summed E-state index contributed by atoms with van der Waals surface area (Å²) in [5.74, 6) is 0.135. The Balaban J connectivity index is 1.38. The lowest BCUT2D eigenvalue weighted by Gasteiger charge is -2.35. The number of amides is 2. The number of hydrogen-bond donors (Lipinski definition) is 0. The van der Waals surface area contributed by atoms with E-state index in [1.165, 1.54) is 30.7 Å². The molecular weight excluding hydrogens is 409 g/mol. The van der Waals surface area contributed by atoms with E-state index < -0.39 is 11.7 Å². The van der Waals surface area contributed by atoms with Gasteiger partial charge in [0.2, 0.25) is 5.91 Å². The van der Waals surface area contributed by atoms with E-state index >= 15 is 0 Å². The normalized spacial score (nSPS) is 18.3. The third kappa shape index (κ3) is 4.78. The number of piperidine rings is 2. The van der Waals surface area contributed by atoms with Crippen molar-refractivity contribution < 1.29 is 27.2 Å². The smallest absolute Gasteiger partial charge is 0.416 e. The first-order chi connectivity index (χ1) is 14.8. The number of likely N-dealkylation sites (tertiary alicyclic amines) is 2. The van der Waals surface area contributed by atoms with Crippen LogP contribution in [0.5, 0.6) is 0 Å². The molecule has 0 atom stereocenters. The Kier molecular flexibility index (Phi) is 6.07. The minimum absolute atomic E-state index is 0.0561. The standard InChI is InChI=1S/C23H25F3N2O3/c24-23(25,26)18-6-4-5-17(15-18)19-7-8-20(31-19)22(30)28-13-9-16(10-14-28)21(29)27-11-2-1-3-12-27/h4-8,15-16H,1-3,9-14H2. The highest BCUT2D eigenvalue weighted by molar-refractivity contribution is 5.92. The van der Waals surface area contributed by atoms with Crippen LogP contribution >= 0.6 is 0 Å². The topological polar surface area (TPSA) is 53.8 Å². The second-order valence-electron chi connectivity index (χ2n) is 8.19. The second-order valence-corrected chi connectivity index (χ2v) is 8.19. The number of hydrogen-bond acceptors (Lipinski definition) is 3. The SMILES string of the molecule is O=C(c1ccc(-c2cccc(C(F)(F)F)c2)o1)N1CCC(C(=O)N2CCCCC2)CC1. The van der Waals surface area contributed by atoms with Crippen LogP contribution in [0, 0.1) is 5.92 Å². The predicted molar refractivity (Wildman–Crippen MR) is 108 cm³/mol. The van der Waals surface area contributed by atoms with Crippen molar-refractivity contribution in [3.05, 3.63) is 47.7 Å². The molecule has 2 aromatic rings. The maximum absolute atomic E-state index is 12.9. The molecule has 0 saturated carbocycles. The number of carbonyl (C=O) groups excluding carboxylic acids is 2. The van der Waals surface area contributed by atoms with Gasteiger partial charge in [0.25, 0.3) is 5.91 Å². The zero-order chi connectivity index (χ0) is 22.0. The summed E-state index contributed by atoms with van der Waals surface area (Å²) < 4.78 is 44.4. The van der Waals surface area contributed by atoms with Crippen molar-refractivity contribution in [1.82, 2.24) is 9.80 Å². The number of benzene rings is 1. The number of nitrogens with zero attached hydrogens (tertiary/aromatic N) is 2. The van der Waals surface area contributed by atoms with Gasteiger partial charge in [-0.1, -0.05) is 12.1 Å². The lowest BCUT2D eigenvalue weighted by molar-refractivity contribution is -0.138. The van der Waals surface area contributed by atoms with E-state index in [9.17, 15) is 22.8 Å². The molecule has 1 aromatic heterocycles. The Morgan fingerprint density at radius 2 is 1.61 bits per heavy atom. The van der Waals surface area contributed by atoms with Crippen LogP contribution in [-0.2, 0) is 11.0 Å². The fraction of sp³-hybridized carbons (Fsp3) is 0.478. The van der Waals surface area contributed by atoms with Gasteiger partial charge in [-0.2, -0.15) is 13.2 Å².